The molecule has 0 unspecified atom stereocenters. The summed E-state index contributed by atoms with van der Waals surface area (Å²) in [7, 11) is 0. The first-order valence-electron chi connectivity index (χ1n) is 3.54. The van der Waals surface area contributed by atoms with Gasteiger partial charge in [-0.15, -0.1) is 11.8 Å². The van der Waals surface area contributed by atoms with Crippen molar-refractivity contribution in [1.82, 2.24) is 0 Å². The Balaban J connectivity index is 2.93. The van der Waals surface area contributed by atoms with Crippen molar-refractivity contribution >= 4 is 29.6 Å². The summed E-state index contributed by atoms with van der Waals surface area (Å²) >= 11 is 7.53. The Morgan fingerprint density at radius 2 is 2.33 bits per heavy atom. The maximum Gasteiger partial charge on any atom is 0.124 e. The largest absolute Gasteiger partial charge is 0.303 e. The highest BCUT2D eigenvalue weighted by molar-refractivity contribution is 7.98. The Kier molecular flexibility index (Phi) is 3.63. The van der Waals surface area contributed by atoms with E-state index in [9.17, 15) is 4.79 Å². The zero-order valence-electron chi connectivity index (χ0n) is 6.71. The highest BCUT2D eigenvalue weighted by Gasteiger charge is 1.99. The van der Waals surface area contributed by atoms with Gasteiger partial charge in [0.1, 0.15) is 6.29 Å². The van der Waals surface area contributed by atoms with Crippen molar-refractivity contribution in [3.8, 4) is 0 Å². The maximum absolute atomic E-state index is 10.2. The summed E-state index contributed by atoms with van der Waals surface area (Å²) in [6.45, 7) is 0. The van der Waals surface area contributed by atoms with Gasteiger partial charge in [0.2, 0.25) is 0 Å². The fourth-order valence-corrected chi connectivity index (χ4v) is 1.83. The van der Waals surface area contributed by atoms with E-state index < -0.39 is 0 Å². The van der Waals surface area contributed by atoms with E-state index >= 15 is 0 Å². The van der Waals surface area contributed by atoms with Crippen molar-refractivity contribution < 1.29 is 4.79 Å². The van der Waals surface area contributed by atoms with Gasteiger partial charge in [0.05, 0.1) is 5.02 Å². The van der Waals surface area contributed by atoms with Crippen LogP contribution >= 0.6 is 23.4 Å². The van der Waals surface area contributed by atoms with Crippen LogP contribution in [-0.4, -0.2) is 12.5 Å². The van der Waals surface area contributed by atoms with E-state index in [4.69, 9.17) is 11.6 Å². The molecule has 0 fully saturated rings. The van der Waals surface area contributed by atoms with Gasteiger partial charge in [0, 0.05) is 11.3 Å². The molecule has 0 amide bonds. The van der Waals surface area contributed by atoms with E-state index in [-0.39, 0.29) is 0 Å². The zero-order valence-corrected chi connectivity index (χ0v) is 8.28. The van der Waals surface area contributed by atoms with Crippen LogP contribution in [-0.2, 0) is 11.2 Å². The van der Waals surface area contributed by atoms with Crippen molar-refractivity contribution in [2.24, 2.45) is 0 Å². The molecular formula is C9H9ClOS. The second-order valence-corrected chi connectivity index (χ2v) is 3.59. The molecule has 0 aliphatic carbocycles. The number of thioether (sulfide) groups is 1. The quantitative estimate of drug-likeness (QED) is 0.552. The van der Waals surface area contributed by atoms with Gasteiger partial charge in [-0.2, -0.15) is 0 Å². The van der Waals surface area contributed by atoms with Gasteiger partial charge in [-0.25, -0.2) is 0 Å². The van der Waals surface area contributed by atoms with E-state index in [0.717, 1.165) is 21.8 Å². The number of carbonyl (C=O) groups is 1. The predicted octanol–water partition coefficient (Wildman–Crippen LogP) is 2.80. The lowest BCUT2D eigenvalue weighted by atomic mass is 10.2. The van der Waals surface area contributed by atoms with E-state index in [0.29, 0.717) is 6.42 Å². The summed E-state index contributed by atoms with van der Waals surface area (Å²) in [6.07, 6.45) is 3.29. The molecule has 1 nitrogen and oxygen atoms in total. The van der Waals surface area contributed by atoms with Crippen LogP contribution in [0.1, 0.15) is 5.56 Å². The maximum atomic E-state index is 10.2. The number of aldehydes is 1. The van der Waals surface area contributed by atoms with Crippen LogP contribution in [0, 0.1) is 0 Å². The molecule has 0 aliphatic heterocycles. The lowest BCUT2D eigenvalue weighted by molar-refractivity contribution is -0.107. The van der Waals surface area contributed by atoms with E-state index in [1.54, 1.807) is 11.8 Å². The standard InChI is InChI=1S/C9H9ClOS/c1-12-9-3-2-7(4-5-11)6-8(9)10/h2-3,5-6H,4H2,1H3. The molecule has 0 N–H and O–H groups in total. The minimum atomic E-state index is 0.439. The molecule has 12 heavy (non-hydrogen) atoms. The van der Waals surface area contributed by atoms with Gasteiger partial charge in [-0.05, 0) is 24.0 Å². The van der Waals surface area contributed by atoms with Crippen LogP contribution in [0.4, 0.5) is 0 Å². The summed E-state index contributed by atoms with van der Waals surface area (Å²) in [6, 6.07) is 5.69. The Hall–Kier alpha value is -0.470. The molecule has 1 aromatic carbocycles. The molecule has 0 atom stereocenters. The van der Waals surface area contributed by atoms with Crippen LogP contribution in [0.25, 0.3) is 0 Å². The van der Waals surface area contributed by atoms with E-state index in [1.165, 1.54) is 0 Å². The molecule has 1 aromatic rings. The Morgan fingerprint density at radius 1 is 1.58 bits per heavy atom. The third kappa shape index (κ3) is 2.26. The second kappa shape index (κ2) is 4.53. The van der Waals surface area contributed by atoms with Crippen molar-refractivity contribution in [2.45, 2.75) is 11.3 Å². The molecule has 3 heteroatoms. The van der Waals surface area contributed by atoms with E-state index in [2.05, 4.69) is 0 Å². The minimum absolute atomic E-state index is 0.439. The summed E-state index contributed by atoms with van der Waals surface area (Å²) in [4.78, 5) is 11.2. The average Bonchev–Trinajstić information content (AvgIpc) is 2.05. The number of rotatable bonds is 3. The third-order valence-electron chi connectivity index (χ3n) is 1.54. The van der Waals surface area contributed by atoms with Crippen molar-refractivity contribution in [2.75, 3.05) is 6.26 Å². The lowest BCUT2D eigenvalue weighted by Crippen LogP contribution is -1.85. The molecule has 64 valence electrons. The summed E-state index contributed by atoms with van der Waals surface area (Å²) in [5.74, 6) is 0. The van der Waals surface area contributed by atoms with Gasteiger partial charge in [0.25, 0.3) is 0 Å². The molecule has 0 bridgehead atoms. The summed E-state index contributed by atoms with van der Waals surface area (Å²) in [5.41, 5.74) is 0.966. The smallest absolute Gasteiger partial charge is 0.124 e. The molecule has 0 saturated heterocycles. The minimum Gasteiger partial charge on any atom is -0.303 e. The first-order valence-corrected chi connectivity index (χ1v) is 5.14. The van der Waals surface area contributed by atoms with Gasteiger partial charge in [0.15, 0.2) is 0 Å². The van der Waals surface area contributed by atoms with Crippen LogP contribution in [0.15, 0.2) is 23.1 Å². The Bertz CT molecular complexity index is 286. The van der Waals surface area contributed by atoms with Crippen molar-refractivity contribution in [3.63, 3.8) is 0 Å². The number of hydrogen-bond acceptors (Lipinski definition) is 2. The zero-order chi connectivity index (χ0) is 8.97. The van der Waals surface area contributed by atoms with Crippen LogP contribution < -0.4 is 0 Å². The predicted molar refractivity (Wildman–Crippen MR) is 53.0 cm³/mol. The highest BCUT2D eigenvalue weighted by atomic mass is 35.5. The first kappa shape index (κ1) is 9.62. The number of benzene rings is 1. The van der Waals surface area contributed by atoms with Crippen LogP contribution in [0.5, 0.6) is 0 Å². The molecular weight excluding hydrogens is 192 g/mol. The van der Waals surface area contributed by atoms with E-state index in [1.807, 2.05) is 24.5 Å². The lowest BCUT2D eigenvalue weighted by Gasteiger charge is -2.01. The monoisotopic (exact) mass is 200 g/mol. The fraction of sp³-hybridized carbons (Fsp3) is 0.222. The number of carbonyl (C=O) groups excluding carboxylic acids is 1. The fourth-order valence-electron chi connectivity index (χ4n) is 0.933. The van der Waals surface area contributed by atoms with Gasteiger partial charge >= 0.3 is 0 Å². The van der Waals surface area contributed by atoms with Crippen molar-refractivity contribution in [1.29, 1.82) is 0 Å². The molecule has 0 saturated carbocycles. The molecule has 0 heterocycles. The molecule has 0 aliphatic rings. The number of halogens is 1. The Labute approximate surface area is 81.1 Å². The second-order valence-electron chi connectivity index (χ2n) is 2.34. The van der Waals surface area contributed by atoms with Gasteiger partial charge in [-0.1, -0.05) is 17.7 Å². The first-order chi connectivity index (χ1) is 5.77. The summed E-state index contributed by atoms with van der Waals surface area (Å²) < 4.78 is 0. The van der Waals surface area contributed by atoms with Crippen LogP contribution in [0.3, 0.4) is 0 Å². The average molecular weight is 201 g/mol. The van der Waals surface area contributed by atoms with Crippen LogP contribution in [0.2, 0.25) is 5.02 Å². The van der Waals surface area contributed by atoms with Gasteiger partial charge in [-0.3, -0.25) is 0 Å². The molecule has 1 rings (SSSR count). The Morgan fingerprint density at radius 3 is 2.83 bits per heavy atom. The SMILES string of the molecule is CSc1ccc(CC=O)cc1Cl. The topological polar surface area (TPSA) is 17.1 Å². The highest BCUT2D eigenvalue weighted by Crippen LogP contribution is 2.25. The van der Waals surface area contributed by atoms with Crippen molar-refractivity contribution in [3.05, 3.63) is 28.8 Å². The van der Waals surface area contributed by atoms with Gasteiger partial charge < -0.3 is 4.79 Å². The number of hydrogen-bond donors (Lipinski definition) is 0. The molecule has 0 spiro atoms. The molecule has 0 aromatic heterocycles. The third-order valence-corrected chi connectivity index (χ3v) is 2.76. The summed E-state index contributed by atoms with van der Waals surface area (Å²) in [5, 5.41) is 0.724. The molecule has 0 radical (unpaired) electrons. The normalized spacial score (nSPS) is 9.83.